The molecule has 9 heteroatoms. The van der Waals surface area contributed by atoms with E-state index in [1.165, 1.54) is 28.3 Å². The van der Waals surface area contributed by atoms with Crippen molar-refractivity contribution in [3.05, 3.63) is 96.8 Å². The first-order valence-corrected chi connectivity index (χ1v) is 12.8. The number of halogens is 1. The number of nitrogens with one attached hydrogen (secondary N) is 2. The Bertz CT molecular complexity index is 1890. The first-order chi connectivity index (χ1) is 18.3. The van der Waals surface area contributed by atoms with Crippen LogP contribution in [-0.2, 0) is 7.05 Å². The van der Waals surface area contributed by atoms with Gasteiger partial charge in [0.2, 0.25) is 0 Å². The average molecular weight is 516 g/mol. The fourth-order valence-electron chi connectivity index (χ4n) is 4.94. The molecule has 0 atom stereocenters. The minimum Gasteiger partial charge on any atom is -0.361 e. The van der Waals surface area contributed by atoms with E-state index in [2.05, 4.69) is 10.3 Å². The van der Waals surface area contributed by atoms with E-state index in [4.69, 9.17) is 0 Å². The molecule has 0 amide bonds. The number of hydrogen-bond acceptors (Lipinski definition) is 4. The number of fused-ring (bicyclic) bond motifs is 2. The lowest BCUT2D eigenvalue weighted by Crippen LogP contribution is -2.42. The van der Waals surface area contributed by atoms with Gasteiger partial charge < -0.3 is 10.3 Å². The van der Waals surface area contributed by atoms with Crippen LogP contribution in [0.5, 0.6) is 0 Å². The van der Waals surface area contributed by atoms with E-state index >= 15 is 4.39 Å². The quantitative estimate of drug-likeness (QED) is 0.344. The van der Waals surface area contributed by atoms with Gasteiger partial charge in [0.25, 0.3) is 11.1 Å². The van der Waals surface area contributed by atoms with Crippen molar-refractivity contribution in [3.63, 3.8) is 0 Å². The summed E-state index contributed by atoms with van der Waals surface area (Å²) in [5, 5.41) is 4.35. The Hall–Kier alpha value is -4.40. The highest BCUT2D eigenvalue weighted by Gasteiger charge is 2.32. The molecule has 38 heavy (non-hydrogen) atoms. The van der Waals surface area contributed by atoms with Gasteiger partial charge in [0.15, 0.2) is 0 Å². The highest BCUT2D eigenvalue weighted by Crippen LogP contribution is 2.35. The van der Waals surface area contributed by atoms with Crippen molar-refractivity contribution in [2.24, 2.45) is 7.05 Å². The number of hydrogen-bond donors (Lipinski definition) is 2. The molecule has 6 rings (SSSR count). The maximum atomic E-state index is 15.2. The van der Waals surface area contributed by atoms with Gasteiger partial charge in [-0.25, -0.2) is 13.8 Å². The van der Waals surface area contributed by atoms with Gasteiger partial charge in [0.05, 0.1) is 11.4 Å². The van der Waals surface area contributed by atoms with Crippen LogP contribution in [0.25, 0.3) is 27.6 Å². The van der Waals surface area contributed by atoms with Crippen LogP contribution >= 0.6 is 0 Å². The van der Waals surface area contributed by atoms with E-state index in [0.29, 0.717) is 35.3 Å². The summed E-state index contributed by atoms with van der Waals surface area (Å²) in [6.45, 7) is 7.39. The molecule has 0 radical (unpaired) electrons. The van der Waals surface area contributed by atoms with Gasteiger partial charge in [-0.15, -0.1) is 0 Å². The maximum Gasteiger partial charge on any atom is 0.337 e. The van der Waals surface area contributed by atoms with Crippen LogP contribution in [0.4, 0.5) is 15.8 Å². The van der Waals surface area contributed by atoms with Crippen molar-refractivity contribution in [1.82, 2.24) is 18.7 Å². The predicted molar refractivity (Wildman–Crippen MR) is 150 cm³/mol. The Morgan fingerprint density at radius 2 is 1.74 bits per heavy atom. The molecule has 3 heterocycles. The summed E-state index contributed by atoms with van der Waals surface area (Å²) in [6.07, 6.45) is 3.18. The molecule has 0 saturated heterocycles. The molecular formula is C29H30FN5O3. The minimum atomic E-state index is -0.657. The molecule has 1 saturated carbocycles. The topological polar surface area (TPSA) is 93.8 Å². The summed E-state index contributed by atoms with van der Waals surface area (Å²) in [4.78, 5) is 44.1. The van der Waals surface area contributed by atoms with Crippen LogP contribution in [-0.4, -0.2) is 18.7 Å². The van der Waals surface area contributed by atoms with Crippen LogP contribution in [0.3, 0.4) is 0 Å². The van der Waals surface area contributed by atoms with Gasteiger partial charge >= 0.3 is 5.69 Å². The number of anilines is 2. The number of rotatable bonds is 4. The summed E-state index contributed by atoms with van der Waals surface area (Å²) < 4.78 is 18.9. The number of H-pyrrole nitrogens is 1. The molecule has 2 N–H and O–H groups in total. The SMILES string of the molecule is CC.Cc1ccc(-n2c(=O)n(C3CC3)c(=O)c3c(Nc4cccc5[nH]ccc45)c(C)c(=O)n(C)c32)c(F)c1. The zero-order valence-electron chi connectivity index (χ0n) is 22.1. The van der Waals surface area contributed by atoms with E-state index in [-0.39, 0.29) is 22.8 Å². The molecule has 196 valence electrons. The number of pyridine rings is 1. The predicted octanol–water partition coefficient (Wildman–Crippen LogP) is 5.19. The molecule has 3 aromatic heterocycles. The van der Waals surface area contributed by atoms with Gasteiger partial charge in [-0.1, -0.05) is 26.0 Å². The molecule has 1 fully saturated rings. The number of aromatic amines is 1. The fourth-order valence-corrected chi connectivity index (χ4v) is 4.94. The molecule has 1 aliphatic rings. The summed E-state index contributed by atoms with van der Waals surface area (Å²) in [7, 11) is 1.50. The van der Waals surface area contributed by atoms with E-state index < -0.39 is 22.6 Å². The fraction of sp³-hybridized carbons (Fsp3) is 0.276. The molecule has 0 unspecified atom stereocenters. The molecule has 0 bridgehead atoms. The molecular weight excluding hydrogens is 485 g/mol. The molecule has 1 aliphatic carbocycles. The van der Waals surface area contributed by atoms with Crippen LogP contribution in [0.2, 0.25) is 0 Å². The summed E-state index contributed by atoms with van der Waals surface area (Å²) >= 11 is 0. The standard InChI is InChI=1S/C27H24FN5O3.C2H6/c1-14-7-10-21(18(28)13-14)33-24-22(26(35)32(27(33)36)16-8-9-16)23(15(2)25(34)31(24)3)30-20-6-4-5-19-17(20)11-12-29-19;1-2/h4-7,10-13,16,29-30H,8-9H2,1-3H3;1-2H3. The first-order valence-electron chi connectivity index (χ1n) is 12.8. The second-order valence-electron chi connectivity index (χ2n) is 9.41. The van der Waals surface area contributed by atoms with Crippen molar-refractivity contribution in [1.29, 1.82) is 0 Å². The van der Waals surface area contributed by atoms with Crippen LogP contribution in [0.1, 0.15) is 43.9 Å². The van der Waals surface area contributed by atoms with E-state index in [1.807, 2.05) is 44.3 Å². The number of benzene rings is 2. The Morgan fingerprint density at radius 3 is 2.42 bits per heavy atom. The Balaban J connectivity index is 0.00000144. The van der Waals surface area contributed by atoms with Crippen molar-refractivity contribution < 1.29 is 4.39 Å². The monoisotopic (exact) mass is 515 g/mol. The third-order valence-electron chi connectivity index (χ3n) is 6.94. The van der Waals surface area contributed by atoms with Gasteiger partial charge in [0, 0.05) is 41.4 Å². The van der Waals surface area contributed by atoms with Gasteiger partial charge in [0.1, 0.15) is 16.9 Å². The summed E-state index contributed by atoms with van der Waals surface area (Å²) in [5.41, 5.74) is 1.40. The normalized spacial score (nSPS) is 13.0. The molecule has 0 spiro atoms. The van der Waals surface area contributed by atoms with Crippen molar-refractivity contribution in [2.45, 2.75) is 46.6 Å². The van der Waals surface area contributed by atoms with Crippen molar-refractivity contribution in [2.75, 3.05) is 5.32 Å². The second-order valence-corrected chi connectivity index (χ2v) is 9.41. The highest BCUT2D eigenvalue weighted by atomic mass is 19.1. The summed E-state index contributed by atoms with van der Waals surface area (Å²) in [6, 6.07) is 11.8. The third kappa shape index (κ3) is 3.86. The lowest BCUT2D eigenvalue weighted by Gasteiger charge is -2.21. The van der Waals surface area contributed by atoms with Gasteiger partial charge in [-0.3, -0.25) is 18.7 Å². The lowest BCUT2D eigenvalue weighted by atomic mass is 10.1. The van der Waals surface area contributed by atoms with Gasteiger partial charge in [-0.2, -0.15) is 0 Å². The van der Waals surface area contributed by atoms with E-state index in [1.54, 1.807) is 19.9 Å². The van der Waals surface area contributed by atoms with E-state index in [0.717, 1.165) is 15.5 Å². The maximum absolute atomic E-state index is 15.2. The average Bonchev–Trinajstić information content (AvgIpc) is 3.61. The van der Waals surface area contributed by atoms with Crippen LogP contribution in [0.15, 0.2) is 63.0 Å². The lowest BCUT2D eigenvalue weighted by molar-refractivity contribution is 0.596. The number of nitrogens with zero attached hydrogens (tertiary/aromatic N) is 3. The van der Waals surface area contributed by atoms with Crippen molar-refractivity contribution in [3.8, 4) is 5.69 Å². The first kappa shape index (κ1) is 25.3. The van der Waals surface area contributed by atoms with E-state index in [9.17, 15) is 14.4 Å². The smallest absolute Gasteiger partial charge is 0.337 e. The second kappa shape index (κ2) is 9.48. The zero-order chi connectivity index (χ0) is 27.3. The number of aryl methyl sites for hydroxylation is 2. The third-order valence-corrected chi connectivity index (χ3v) is 6.94. The van der Waals surface area contributed by atoms with Gasteiger partial charge in [-0.05, 0) is 62.6 Å². The molecule has 5 aromatic rings. The Labute approximate surface area is 218 Å². The largest absolute Gasteiger partial charge is 0.361 e. The van der Waals surface area contributed by atoms with Crippen molar-refractivity contribution >= 4 is 33.3 Å². The Morgan fingerprint density at radius 1 is 1.00 bits per heavy atom. The molecule has 0 aliphatic heterocycles. The molecule has 8 nitrogen and oxygen atoms in total. The summed E-state index contributed by atoms with van der Waals surface area (Å²) in [5.74, 6) is -0.612. The number of aromatic nitrogens is 4. The molecule has 2 aromatic carbocycles. The Kier molecular flexibility index (Phi) is 6.30. The zero-order valence-corrected chi connectivity index (χ0v) is 22.1. The van der Waals surface area contributed by atoms with Crippen LogP contribution in [0, 0.1) is 19.7 Å². The minimum absolute atomic E-state index is 0.0115. The highest BCUT2D eigenvalue weighted by molar-refractivity contribution is 5.99. The van der Waals surface area contributed by atoms with Crippen LogP contribution < -0.4 is 22.1 Å².